The normalized spacial score (nSPS) is 13.7. The molecule has 0 fully saturated rings. The minimum Gasteiger partial charge on any atom is -0.469 e. The van der Waals surface area contributed by atoms with Crippen LogP contribution in [0.1, 0.15) is 97.0 Å². The van der Waals surface area contributed by atoms with Gasteiger partial charge in [0.2, 0.25) is 0 Å². The van der Waals surface area contributed by atoms with Crippen LogP contribution in [0.3, 0.4) is 0 Å². The molecule has 2 aliphatic heterocycles. The number of carbonyl (C=O) groups is 3. The van der Waals surface area contributed by atoms with Gasteiger partial charge in [-0.25, -0.2) is 14.6 Å². The highest BCUT2D eigenvalue weighted by Gasteiger charge is 2.28. The van der Waals surface area contributed by atoms with Gasteiger partial charge in [0.1, 0.15) is 6.61 Å². The van der Waals surface area contributed by atoms with E-state index in [2.05, 4.69) is 73.4 Å². The molecule has 0 aromatic carbocycles. The Hall–Kier alpha value is -4.49. The highest BCUT2D eigenvalue weighted by molar-refractivity contribution is 9.08. The zero-order valence-corrected chi connectivity index (χ0v) is 32.6. The van der Waals surface area contributed by atoms with Crippen molar-refractivity contribution >= 4 is 67.4 Å². The third-order valence-corrected chi connectivity index (χ3v) is 9.77. The number of aryl methyl sites for hydroxylation is 3. The minimum absolute atomic E-state index is 0.117. The van der Waals surface area contributed by atoms with Crippen molar-refractivity contribution in [1.29, 1.82) is 0 Å². The number of fused-ring (bicyclic) bond motifs is 8. The maximum Gasteiger partial charge on any atom is 0.407 e. The first kappa shape index (κ1) is 39.3. The summed E-state index contributed by atoms with van der Waals surface area (Å²) < 4.78 is 18.0. The molecule has 13 heteroatoms. The summed E-state index contributed by atoms with van der Waals surface area (Å²) in [6, 6.07) is 6.17. The van der Waals surface area contributed by atoms with Gasteiger partial charge in [-0.05, 0) is 93.0 Å². The lowest BCUT2D eigenvalue weighted by Gasteiger charge is -2.07. The maximum absolute atomic E-state index is 13.0. The minimum atomic E-state index is -0.455. The molecule has 5 rings (SSSR count). The van der Waals surface area contributed by atoms with E-state index in [4.69, 9.17) is 19.4 Å². The summed E-state index contributed by atoms with van der Waals surface area (Å²) in [6.07, 6.45) is 2.31. The summed E-state index contributed by atoms with van der Waals surface area (Å²) >= 11 is 3.17. The van der Waals surface area contributed by atoms with E-state index in [0.29, 0.717) is 29.9 Å². The first-order valence-corrected chi connectivity index (χ1v) is 18.0. The van der Waals surface area contributed by atoms with E-state index < -0.39 is 12.1 Å². The van der Waals surface area contributed by atoms with Gasteiger partial charge >= 0.3 is 18.0 Å². The van der Waals surface area contributed by atoms with Crippen LogP contribution >= 0.6 is 16.1 Å². The van der Waals surface area contributed by atoms with E-state index in [9.17, 15) is 14.4 Å². The van der Waals surface area contributed by atoms with Crippen LogP contribution in [-0.4, -0.2) is 65.3 Å². The number of carbonyl (C=O) groups excluding carboxylic acids is 3. The molecular weight excluding hydrogens is 716 g/mol. The van der Waals surface area contributed by atoms with Crippen molar-refractivity contribution < 1.29 is 28.6 Å². The lowest BCUT2D eigenvalue weighted by molar-refractivity contribution is -0.140. The predicted molar refractivity (Wildman–Crippen MR) is 203 cm³/mol. The molecule has 5 heterocycles. The van der Waals surface area contributed by atoms with Crippen molar-refractivity contribution in [1.82, 2.24) is 29.6 Å². The van der Waals surface area contributed by atoms with E-state index in [1.54, 1.807) is 6.92 Å². The Balaban J connectivity index is 0.000000894. The number of nitrogens with zero attached hydrogens (tertiary/aromatic N) is 2. The molecule has 0 aliphatic carbocycles. The van der Waals surface area contributed by atoms with Gasteiger partial charge in [-0.3, -0.25) is 14.1 Å². The second-order valence-electron chi connectivity index (χ2n) is 12.6. The summed E-state index contributed by atoms with van der Waals surface area (Å²) in [5, 5.41) is 2.81. The Kier molecular flexibility index (Phi) is 13.6. The number of ether oxygens (including phenoxy) is 3. The third-order valence-electron chi connectivity index (χ3n) is 9.37. The summed E-state index contributed by atoms with van der Waals surface area (Å²) in [5.74, 6) is -0.408. The molecule has 4 N–H and O–H groups in total. The van der Waals surface area contributed by atoms with Gasteiger partial charge < -0.3 is 29.5 Å². The molecule has 0 spiro atoms. The van der Waals surface area contributed by atoms with Crippen LogP contribution < -0.4 is 9.66 Å². The van der Waals surface area contributed by atoms with Gasteiger partial charge in [0.25, 0.3) is 0 Å². The zero-order chi connectivity index (χ0) is 37.4. The van der Waals surface area contributed by atoms with E-state index in [1.165, 1.54) is 14.2 Å². The molecule has 0 saturated heterocycles. The lowest BCUT2D eigenvalue weighted by atomic mass is 9.99. The number of amides is 1. The van der Waals surface area contributed by atoms with Gasteiger partial charge in [-0.1, -0.05) is 20.8 Å². The Morgan fingerprint density at radius 2 is 1.55 bits per heavy atom. The monoisotopic (exact) mass is 764 g/mol. The van der Waals surface area contributed by atoms with Crippen LogP contribution in [0.4, 0.5) is 4.79 Å². The molecule has 1 unspecified atom stereocenters. The Morgan fingerprint density at radius 1 is 0.882 bits per heavy atom. The number of aromatic amines is 2. The number of hydrogen-bond donors (Lipinski definition) is 4. The number of nitrogens with one attached hydrogen (secondary N) is 4. The van der Waals surface area contributed by atoms with Crippen molar-refractivity contribution in [2.24, 2.45) is 0 Å². The van der Waals surface area contributed by atoms with Crippen molar-refractivity contribution in [3.05, 3.63) is 68.8 Å². The quantitative estimate of drug-likeness (QED) is 0.0757. The molecule has 51 heavy (non-hydrogen) atoms. The Labute approximate surface area is 307 Å². The van der Waals surface area contributed by atoms with Crippen molar-refractivity contribution in [2.45, 2.75) is 86.7 Å². The SMILES string of the molecule is CCC(=O)OC.CCc1c(C)c2cc3[nH]c(cc4nc(c(C)c5nc(cc1[nH]2)C(C)=C5C(=O)OC)CC4C)c(C)c3COC(=O)NCCCNBr. The topological polar surface area (TPSA) is 160 Å². The third kappa shape index (κ3) is 8.88. The zero-order valence-electron chi connectivity index (χ0n) is 31.0. The lowest BCUT2D eigenvalue weighted by Crippen LogP contribution is -2.26. The maximum atomic E-state index is 13.0. The second-order valence-corrected chi connectivity index (χ2v) is 13.2. The fourth-order valence-electron chi connectivity index (χ4n) is 6.23. The van der Waals surface area contributed by atoms with Gasteiger partial charge in [0.15, 0.2) is 0 Å². The highest BCUT2D eigenvalue weighted by atomic mass is 79.9. The molecule has 0 radical (unpaired) electrons. The largest absolute Gasteiger partial charge is 0.469 e. The van der Waals surface area contributed by atoms with Crippen molar-refractivity contribution in [3.8, 4) is 0 Å². The van der Waals surface area contributed by atoms with E-state index >= 15 is 0 Å². The van der Waals surface area contributed by atoms with Gasteiger partial charge in [-0.15, -0.1) is 0 Å². The van der Waals surface area contributed by atoms with Crippen LogP contribution in [0.2, 0.25) is 0 Å². The van der Waals surface area contributed by atoms with E-state index in [1.807, 2.05) is 26.8 Å². The first-order chi connectivity index (χ1) is 24.4. The van der Waals surface area contributed by atoms with Crippen LogP contribution in [0.15, 0.2) is 18.2 Å². The van der Waals surface area contributed by atoms with Gasteiger partial charge in [-0.2, -0.15) is 0 Å². The number of hydrogen-bond acceptors (Lipinski definition) is 9. The fraction of sp³-hybridized carbons (Fsp3) is 0.447. The molecule has 1 atom stereocenters. The molecule has 12 nitrogen and oxygen atoms in total. The van der Waals surface area contributed by atoms with E-state index in [-0.39, 0.29) is 18.5 Å². The molecule has 2 aliphatic rings. The van der Waals surface area contributed by atoms with Crippen molar-refractivity contribution in [3.63, 3.8) is 0 Å². The van der Waals surface area contributed by atoms with Crippen LogP contribution in [-0.2, 0) is 43.2 Å². The molecule has 0 saturated carbocycles. The average Bonchev–Trinajstić information content (AvgIpc) is 3.83. The number of H-pyrrole nitrogens is 2. The molecule has 1 amide bonds. The van der Waals surface area contributed by atoms with Crippen LogP contribution in [0.5, 0.6) is 0 Å². The van der Waals surface area contributed by atoms with Gasteiger partial charge in [0, 0.05) is 80.6 Å². The number of esters is 2. The summed E-state index contributed by atoms with van der Waals surface area (Å²) in [7, 11) is 2.78. The number of alkyl carbamates (subject to hydrolysis) is 1. The average molecular weight is 766 g/mol. The summed E-state index contributed by atoms with van der Waals surface area (Å²) in [6.45, 7) is 15.4. The molecule has 3 aromatic rings. The second kappa shape index (κ2) is 17.6. The molecule has 8 bridgehead atoms. The van der Waals surface area contributed by atoms with E-state index in [0.717, 1.165) is 92.7 Å². The van der Waals surface area contributed by atoms with Crippen molar-refractivity contribution in [2.75, 3.05) is 27.3 Å². The molecule has 274 valence electrons. The summed E-state index contributed by atoms with van der Waals surface area (Å²) in [4.78, 5) is 52.7. The van der Waals surface area contributed by atoms with Gasteiger partial charge in [0.05, 0.1) is 31.2 Å². The number of halogens is 1. The van der Waals surface area contributed by atoms with Crippen LogP contribution in [0, 0.1) is 20.8 Å². The number of rotatable bonds is 9. The fourth-order valence-corrected chi connectivity index (χ4v) is 6.51. The number of methoxy groups -OCH3 is 2. The van der Waals surface area contributed by atoms with Crippen LogP contribution in [0.25, 0.3) is 33.2 Å². The molecular formula is C38H49BrN6O6. The number of aromatic nitrogens is 4. The standard InChI is InChI=1S/C34H41BrN6O4.C4H8O2/c1-8-22-18(3)27-14-30-23(16-45-34(43)36-10-9-11-37-35)19(4)26(40-30)13-24-17(2)12-25(38-24)21(6)32-31(33(42)44-7)20(5)28(41-32)15-29(22)39-27;1-3-4(5)6-2/h13-15,17,37,39-40H,8-12,16H2,1-7H3,(H,36,43);3H2,1-2H3. The Morgan fingerprint density at radius 3 is 2.16 bits per heavy atom. The molecule has 3 aromatic heterocycles. The Bertz CT molecular complexity index is 1990. The predicted octanol–water partition coefficient (Wildman–Crippen LogP) is 7.34. The summed E-state index contributed by atoms with van der Waals surface area (Å²) in [5.41, 5.74) is 13.1. The number of allylic oxidation sites excluding steroid dienone is 1. The smallest absolute Gasteiger partial charge is 0.407 e. The first-order valence-electron chi connectivity index (χ1n) is 17.2. The highest BCUT2D eigenvalue weighted by Crippen LogP contribution is 2.36.